The highest BCUT2D eigenvalue weighted by atomic mass is 16.5. The van der Waals surface area contributed by atoms with Crippen LogP contribution in [0.5, 0.6) is 5.75 Å². The van der Waals surface area contributed by atoms with Gasteiger partial charge >= 0.3 is 0 Å². The van der Waals surface area contributed by atoms with Gasteiger partial charge in [-0.1, -0.05) is 19.1 Å². The molecule has 2 aromatic rings. The minimum absolute atomic E-state index is 0.108. The summed E-state index contributed by atoms with van der Waals surface area (Å²) in [4.78, 5) is 4.05. The number of imidazole rings is 1. The van der Waals surface area contributed by atoms with Crippen molar-refractivity contribution in [2.24, 2.45) is 12.8 Å². The monoisotopic (exact) mass is 245 g/mol. The average Bonchev–Trinajstić information content (AvgIpc) is 2.81. The minimum Gasteiger partial charge on any atom is -0.487 e. The molecule has 4 heteroatoms. The van der Waals surface area contributed by atoms with Crippen LogP contribution in [0, 0.1) is 0 Å². The van der Waals surface area contributed by atoms with Crippen LogP contribution in [0.1, 0.15) is 30.6 Å². The van der Waals surface area contributed by atoms with Crippen LogP contribution in [0.3, 0.4) is 0 Å². The molecule has 2 rings (SSSR count). The summed E-state index contributed by atoms with van der Waals surface area (Å²) in [6, 6.07) is 8.07. The van der Waals surface area contributed by atoms with Gasteiger partial charge in [0.25, 0.3) is 0 Å². The van der Waals surface area contributed by atoms with Crippen LogP contribution in [-0.2, 0) is 13.7 Å². The molecule has 1 aromatic heterocycles. The largest absolute Gasteiger partial charge is 0.487 e. The molecule has 1 aromatic carbocycles. The molecule has 0 fully saturated rings. The summed E-state index contributed by atoms with van der Waals surface area (Å²) in [7, 11) is 1.95. The summed E-state index contributed by atoms with van der Waals surface area (Å²) in [5.41, 5.74) is 8.15. The quantitative estimate of drug-likeness (QED) is 0.880. The molecule has 0 saturated heterocycles. The first-order chi connectivity index (χ1) is 8.70. The average molecular weight is 245 g/mol. The first-order valence-corrected chi connectivity index (χ1v) is 6.14. The van der Waals surface area contributed by atoms with E-state index in [4.69, 9.17) is 10.5 Å². The van der Waals surface area contributed by atoms with E-state index in [0.29, 0.717) is 6.61 Å². The Morgan fingerprint density at radius 1 is 1.33 bits per heavy atom. The number of aromatic nitrogens is 2. The van der Waals surface area contributed by atoms with Crippen LogP contribution in [0.2, 0.25) is 0 Å². The fourth-order valence-electron chi connectivity index (χ4n) is 1.73. The Kier molecular flexibility index (Phi) is 3.99. The summed E-state index contributed by atoms with van der Waals surface area (Å²) < 4.78 is 7.64. The molecule has 0 saturated carbocycles. The Hall–Kier alpha value is -1.81. The molecule has 18 heavy (non-hydrogen) atoms. The third-order valence-electron chi connectivity index (χ3n) is 3.05. The number of rotatable bonds is 5. The maximum absolute atomic E-state index is 5.96. The molecular weight excluding hydrogens is 226 g/mol. The van der Waals surface area contributed by atoms with Gasteiger partial charge in [0.15, 0.2) is 0 Å². The molecule has 96 valence electrons. The van der Waals surface area contributed by atoms with E-state index in [2.05, 4.69) is 11.9 Å². The second-order valence-electron chi connectivity index (χ2n) is 4.37. The summed E-state index contributed by atoms with van der Waals surface area (Å²) in [5, 5.41) is 0. The van der Waals surface area contributed by atoms with Crippen LogP contribution in [0.4, 0.5) is 0 Å². The van der Waals surface area contributed by atoms with E-state index in [1.54, 1.807) is 12.5 Å². The van der Waals surface area contributed by atoms with E-state index in [-0.39, 0.29) is 6.04 Å². The van der Waals surface area contributed by atoms with Crippen LogP contribution in [0.15, 0.2) is 36.8 Å². The smallest absolute Gasteiger partial charge is 0.130 e. The molecule has 1 heterocycles. The molecule has 4 nitrogen and oxygen atoms in total. The van der Waals surface area contributed by atoms with Crippen molar-refractivity contribution in [3.63, 3.8) is 0 Å². The third kappa shape index (κ3) is 2.90. The third-order valence-corrected chi connectivity index (χ3v) is 3.05. The standard InChI is InChI=1S/C14H19N3O/c1-3-14(15)11-4-6-13(7-5-11)18-9-12-8-16-10-17(12)2/h4-8,10,14H,3,9,15H2,1-2H3/t14-/m1/s1. The molecule has 0 spiro atoms. The van der Waals surface area contributed by atoms with Crippen molar-refractivity contribution >= 4 is 0 Å². The zero-order chi connectivity index (χ0) is 13.0. The van der Waals surface area contributed by atoms with E-state index >= 15 is 0 Å². The van der Waals surface area contributed by atoms with Crippen molar-refractivity contribution in [2.45, 2.75) is 26.0 Å². The number of ether oxygens (including phenoxy) is 1. The van der Waals surface area contributed by atoms with Crippen LogP contribution < -0.4 is 10.5 Å². The summed E-state index contributed by atoms with van der Waals surface area (Å²) in [6.07, 6.45) is 4.51. The Morgan fingerprint density at radius 3 is 2.61 bits per heavy atom. The van der Waals surface area contributed by atoms with Crippen molar-refractivity contribution in [1.82, 2.24) is 9.55 Å². The normalized spacial score (nSPS) is 12.4. The molecule has 2 N–H and O–H groups in total. The highest BCUT2D eigenvalue weighted by Crippen LogP contribution is 2.18. The summed E-state index contributed by atoms with van der Waals surface area (Å²) in [5.74, 6) is 0.850. The number of nitrogens with two attached hydrogens (primary N) is 1. The maximum atomic E-state index is 5.96. The molecular formula is C14H19N3O. The van der Waals surface area contributed by atoms with Crippen molar-refractivity contribution < 1.29 is 4.74 Å². The summed E-state index contributed by atoms with van der Waals surface area (Å²) in [6.45, 7) is 2.60. The van der Waals surface area contributed by atoms with E-state index in [1.807, 2.05) is 35.9 Å². The first-order valence-electron chi connectivity index (χ1n) is 6.14. The van der Waals surface area contributed by atoms with Gasteiger partial charge in [0.05, 0.1) is 18.2 Å². The van der Waals surface area contributed by atoms with Gasteiger partial charge in [-0.05, 0) is 24.1 Å². The number of aryl methyl sites for hydroxylation is 1. The van der Waals surface area contributed by atoms with E-state index in [0.717, 1.165) is 23.4 Å². The summed E-state index contributed by atoms with van der Waals surface area (Å²) >= 11 is 0. The molecule has 0 aliphatic carbocycles. The van der Waals surface area contributed by atoms with Gasteiger partial charge < -0.3 is 15.0 Å². The Balaban J connectivity index is 1.96. The lowest BCUT2D eigenvalue weighted by Crippen LogP contribution is -2.08. The lowest BCUT2D eigenvalue weighted by atomic mass is 10.1. The van der Waals surface area contributed by atoms with E-state index in [1.165, 1.54) is 0 Å². The van der Waals surface area contributed by atoms with Gasteiger partial charge in [-0.15, -0.1) is 0 Å². The highest BCUT2D eigenvalue weighted by Gasteiger charge is 2.04. The van der Waals surface area contributed by atoms with E-state index in [9.17, 15) is 0 Å². The molecule has 0 bridgehead atoms. The Labute approximate surface area is 107 Å². The predicted octanol–water partition coefficient (Wildman–Crippen LogP) is 2.41. The lowest BCUT2D eigenvalue weighted by Gasteiger charge is -2.11. The second-order valence-corrected chi connectivity index (χ2v) is 4.37. The molecule has 0 aliphatic rings. The van der Waals surface area contributed by atoms with Crippen molar-refractivity contribution in [3.8, 4) is 5.75 Å². The van der Waals surface area contributed by atoms with Crippen molar-refractivity contribution in [3.05, 3.63) is 48.0 Å². The van der Waals surface area contributed by atoms with Crippen molar-refractivity contribution in [1.29, 1.82) is 0 Å². The number of hydrogen-bond acceptors (Lipinski definition) is 3. The lowest BCUT2D eigenvalue weighted by molar-refractivity contribution is 0.297. The van der Waals surface area contributed by atoms with Gasteiger partial charge in [-0.25, -0.2) is 4.98 Å². The fourth-order valence-corrected chi connectivity index (χ4v) is 1.73. The fraction of sp³-hybridized carbons (Fsp3) is 0.357. The Bertz CT molecular complexity index is 490. The number of hydrogen-bond donors (Lipinski definition) is 1. The van der Waals surface area contributed by atoms with Crippen LogP contribution >= 0.6 is 0 Å². The van der Waals surface area contributed by atoms with E-state index < -0.39 is 0 Å². The van der Waals surface area contributed by atoms with Crippen molar-refractivity contribution in [2.75, 3.05) is 0 Å². The molecule has 0 radical (unpaired) electrons. The van der Waals surface area contributed by atoms with Gasteiger partial charge in [-0.2, -0.15) is 0 Å². The van der Waals surface area contributed by atoms with Gasteiger partial charge in [0.1, 0.15) is 12.4 Å². The van der Waals surface area contributed by atoms with Crippen LogP contribution in [-0.4, -0.2) is 9.55 Å². The number of benzene rings is 1. The minimum atomic E-state index is 0.108. The molecule has 1 atom stereocenters. The molecule has 0 aliphatic heterocycles. The zero-order valence-corrected chi connectivity index (χ0v) is 10.8. The Morgan fingerprint density at radius 2 is 2.06 bits per heavy atom. The first kappa shape index (κ1) is 12.6. The van der Waals surface area contributed by atoms with Gasteiger partial charge in [0.2, 0.25) is 0 Å². The molecule has 0 amide bonds. The zero-order valence-electron chi connectivity index (χ0n) is 10.8. The van der Waals surface area contributed by atoms with Gasteiger partial charge in [-0.3, -0.25) is 0 Å². The second kappa shape index (κ2) is 5.69. The maximum Gasteiger partial charge on any atom is 0.130 e. The molecule has 0 unspecified atom stereocenters. The predicted molar refractivity (Wildman–Crippen MR) is 71.2 cm³/mol. The van der Waals surface area contributed by atoms with Crippen LogP contribution in [0.25, 0.3) is 0 Å². The number of nitrogens with zero attached hydrogens (tertiary/aromatic N) is 2. The SMILES string of the molecule is CC[C@@H](N)c1ccc(OCc2cncn2C)cc1. The highest BCUT2D eigenvalue weighted by molar-refractivity contribution is 5.29. The van der Waals surface area contributed by atoms with Gasteiger partial charge in [0, 0.05) is 13.1 Å². The topological polar surface area (TPSA) is 53.1 Å².